The van der Waals surface area contributed by atoms with E-state index < -0.39 is 0 Å². The molecule has 5 rings (SSSR count). The van der Waals surface area contributed by atoms with E-state index in [0.717, 1.165) is 12.8 Å². The van der Waals surface area contributed by atoms with Gasteiger partial charge in [-0.25, -0.2) is 0 Å². The first-order valence-corrected chi connectivity index (χ1v) is 11.0. The van der Waals surface area contributed by atoms with E-state index in [-0.39, 0.29) is 0 Å². The van der Waals surface area contributed by atoms with E-state index >= 15 is 0 Å². The quantitative estimate of drug-likeness (QED) is 0.473. The van der Waals surface area contributed by atoms with Gasteiger partial charge in [0.15, 0.2) is 0 Å². The van der Waals surface area contributed by atoms with E-state index in [0.29, 0.717) is 17.3 Å². The van der Waals surface area contributed by atoms with Gasteiger partial charge in [0.2, 0.25) is 0 Å². The van der Waals surface area contributed by atoms with Crippen LogP contribution in [0.15, 0.2) is 85.0 Å². The molecular formula is C28H30. The van der Waals surface area contributed by atoms with E-state index in [1.807, 2.05) is 6.08 Å². The summed E-state index contributed by atoms with van der Waals surface area (Å²) in [6, 6.07) is 18.4. The second kappa shape index (κ2) is 7.24. The molecule has 0 heterocycles. The third kappa shape index (κ3) is 2.73. The third-order valence-electron chi connectivity index (χ3n) is 7.41. The fraction of sp³-hybridized carbons (Fsp3) is 0.357. The van der Waals surface area contributed by atoms with Crippen molar-refractivity contribution in [2.45, 2.75) is 50.9 Å². The van der Waals surface area contributed by atoms with Gasteiger partial charge in [-0.05, 0) is 53.4 Å². The van der Waals surface area contributed by atoms with Crippen molar-refractivity contribution in [2.75, 3.05) is 0 Å². The molecule has 0 radical (unpaired) electrons. The highest BCUT2D eigenvalue weighted by Crippen LogP contribution is 2.61. The Hall–Kier alpha value is -2.34. The van der Waals surface area contributed by atoms with Gasteiger partial charge in [-0.15, -0.1) is 6.58 Å². The fourth-order valence-corrected chi connectivity index (χ4v) is 6.16. The van der Waals surface area contributed by atoms with Crippen molar-refractivity contribution in [3.05, 3.63) is 96.1 Å². The van der Waals surface area contributed by atoms with Gasteiger partial charge in [-0.2, -0.15) is 0 Å². The maximum Gasteiger partial charge on any atom is 0.0167 e. The lowest BCUT2D eigenvalue weighted by Crippen LogP contribution is -2.37. The molecule has 0 saturated heterocycles. The predicted molar refractivity (Wildman–Crippen MR) is 119 cm³/mol. The Balaban J connectivity index is 1.63. The van der Waals surface area contributed by atoms with Crippen molar-refractivity contribution in [3.63, 3.8) is 0 Å². The maximum atomic E-state index is 3.91. The lowest BCUT2D eigenvalue weighted by molar-refractivity contribution is 0.127. The SMILES string of the molecule is C=CCCC1=CC(C2(C3c4ccccc4-c4ccccc43)CCCCC2)C=C1. The van der Waals surface area contributed by atoms with Gasteiger partial charge >= 0.3 is 0 Å². The van der Waals surface area contributed by atoms with Crippen LogP contribution in [-0.2, 0) is 0 Å². The molecular weight excluding hydrogens is 336 g/mol. The van der Waals surface area contributed by atoms with Gasteiger partial charge in [0.1, 0.15) is 0 Å². The van der Waals surface area contributed by atoms with Crippen LogP contribution in [0.2, 0.25) is 0 Å². The average molecular weight is 367 g/mol. The molecule has 0 nitrogen and oxygen atoms in total. The normalized spacial score (nSPS) is 22.6. The summed E-state index contributed by atoms with van der Waals surface area (Å²) >= 11 is 0. The highest BCUT2D eigenvalue weighted by Gasteiger charge is 2.49. The molecule has 1 saturated carbocycles. The molecule has 1 atom stereocenters. The van der Waals surface area contributed by atoms with Gasteiger partial charge in [-0.3, -0.25) is 0 Å². The second-order valence-electron chi connectivity index (χ2n) is 8.86. The zero-order valence-corrected chi connectivity index (χ0v) is 16.7. The number of fused-ring (bicyclic) bond motifs is 3. The van der Waals surface area contributed by atoms with Gasteiger partial charge in [0.25, 0.3) is 0 Å². The summed E-state index contributed by atoms with van der Waals surface area (Å²) in [4.78, 5) is 0. The minimum absolute atomic E-state index is 0.313. The number of rotatable bonds is 5. The van der Waals surface area contributed by atoms with E-state index in [4.69, 9.17) is 0 Å². The molecule has 0 aromatic heterocycles. The Morgan fingerprint density at radius 3 is 2.18 bits per heavy atom. The number of hydrogen-bond donors (Lipinski definition) is 0. The van der Waals surface area contributed by atoms with Crippen LogP contribution in [0.5, 0.6) is 0 Å². The largest absolute Gasteiger partial charge is 0.103 e. The first kappa shape index (κ1) is 17.7. The molecule has 0 amide bonds. The smallest absolute Gasteiger partial charge is 0.0167 e. The number of hydrogen-bond acceptors (Lipinski definition) is 0. The lowest BCUT2D eigenvalue weighted by Gasteiger charge is -2.46. The summed E-state index contributed by atoms with van der Waals surface area (Å²) < 4.78 is 0. The third-order valence-corrected chi connectivity index (χ3v) is 7.41. The monoisotopic (exact) mass is 366 g/mol. The van der Waals surface area contributed by atoms with Crippen LogP contribution >= 0.6 is 0 Å². The molecule has 0 bridgehead atoms. The first-order valence-electron chi connectivity index (χ1n) is 11.0. The molecule has 2 aromatic rings. The molecule has 1 unspecified atom stereocenters. The minimum atomic E-state index is 0.313. The molecule has 1 fully saturated rings. The Bertz CT molecular complexity index is 891. The van der Waals surface area contributed by atoms with Crippen LogP contribution in [0, 0.1) is 11.3 Å². The zero-order valence-electron chi connectivity index (χ0n) is 16.7. The Labute approximate surface area is 169 Å². The predicted octanol–water partition coefficient (Wildman–Crippen LogP) is 7.83. The zero-order chi connectivity index (χ0) is 19.0. The van der Waals surface area contributed by atoms with Crippen LogP contribution in [0.1, 0.15) is 62.0 Å². The van der Waals surface area contributed by atoms with Crippen LogP contribution in [0.25, 0.3) is 11.1 Å². The number of allylic oxidation sites excluding steroid dienone is 5. The molecule has 0 heteroatoms. The van der Waals surface area contributed by atoms with Gasteiger partial charge in [-0.1, -0.05) is 97.7 Å². The van der Waals surface area contributed by atoms with E-state index in [9.17, 15) is 0 Å². The highest BCUT2D eigenvalue weighted by molar-refractivity contribution is 5.79. The Kier molecular flexibility index (Phi) is 4.59. The molecule has 3 aliphatic carbocycles. The van der Waals surface area contributed by atoms with E-state index in [2.05, 4.69) is 73.3 Å². The van der Waals surface area contributed by atoms with Crippen LogP contribution < -0.4 is 0 Å². The second-order valence-corrected chi connectivity index (χ2v) is 8.86. The summed E-state index contributed by atoms with van der Waals surface area (Å²) in [5.41, 5.74) is 7.87. The van der Waals surface area contributed by atoms with Gasteiger partial charge < -0.3 is 0 Å². The number of benzene rings is 2. The first-order chi connectivity index (χ1) is 13.8. The Morgan fingerprint density at radius 2 is 1.54 bits per heavy atom. The van der Waals surface area contributed by atoms with E-state index in [1.54, 1.807) is 11.1 Å². The molecule has 142 valence electrons. The van der Waals surface area contributed by atoms with Gasteiger partial charge in [0.05, 0.1) is 0 Å². The summed E-state index contributed by atoms with van der Waals surface area (Å²) in [5, 5.41) is 0. The van der Waals surface area contributed by atoms with Crippen molar-refractivity contribution >= 4 is 0 Å². The topological polar surface area (TPSA) is 0 Å². The summed E-state index contributed by atoms with van der Waals surface area (Å²) in [5.74, 6) is 1.07. The molecule has 28 heavy (non-hydrogen) atoms. The van der Waals surface area contributed by atoms with Crippen LogP contribution in [0.4, 0.5) is 0 Å². The standard InChI is InChI=1S/C28H30/c1-2-3-11-21-16-17-22(20-21)28(18-9-4-10-19-28)27-25-14-7-5-12-23(25)24-13-6-8-15-26(24)27/h2,5-8,12-17,20,22,27H,1,3-4,9-11,18-19H2. The molecule has 0 N–H and O–H groups in total. The molecule has 2 aromatic carbocycles. The van der Waals surface area contributed by atoms with Crippen LogP contribution in [0.3, 0.4) is 0 Å². The lowest BCUT2D eigenvalue weighted by atomic mass is 9.57. The van der Waals surface area contributed by atoms with Crippen LogP contribution in [-0.4, -0.2) is 0 Å². The van der Waals surface area contributed by atoms with Gasteiger partial charge in [0, 0.05) is 11.8 Å². The molecule has 3 aliphatic rings. The maximum absolute atomic E-state index is 3.91. The fourth-order valence-electron chi connectivity index (χ4n) is 6.16. The van der Waals surface area contributed by atoms with Crippen molar-refractivity contribution < 1.29 is 0 Å². The van der Waals surface area contributed by atoms with Crippen molar-refractivity contribution in [3.8, 4) is 11.1 Å². The average Bonchev–Trinajstić information content (AvgIpc) is 3.36. The highest BCUT2D eigenvalue weighted by atomic mass is 14.5. The minimum Gasteiger partial charge on any atom is -0.103 e. The van der Waals surface area contributed by atoms with Crippen molar-refractivity contribution in [2.24, 2.45) is 11.3 Å². The Morgan fingerprint density at radius 1 is 0.893 bits per heavy atom. The summed E-state index contributed by atoms with van der Waals surface area (Å²) in [6.45, 7) is 3.91. The van der Waals surface area contributed by atoms with Crippen molar-refractivity contribution in [1.82, 2.24) is 0 Å². The summed E-state index contributed by atoms with van der Waals surface area (Å²) in [7, 11) is 0. The molecule has 0 aliphatic heterocycles. The summed E-state index contributed by atoms with van der Waals surface area (Å²) in [6.07, 6.45) is 18.5. The molecule has 0 spiro atoms. The van der Waals surface area contributed by atoms with E-state index in [1.165, 1.54) is 48.8 Å². The van der Waals surface area contributed by atoms with Crippen molar-refractivity contribution in [1.29, 1.82) is 0 Å².